The second-order valence-electron chi connectivity index (χ2n) is 15.9. The highest BCUT2D eigenvalue weighted by atomic mass is 28.3. The molecule has 3 aromatic heterocycles. The number of aromatic nitrogens is 3. The van der Waals surface area contributed by atoms with E-state index in [1.54, 1.807) is 0 Å². The number of benzene rings is 5. The number of imidazole rings is 1. The van der Waals surface area contributed by atoms with Crippen LogP contribution in [0.2, 0.25) is 39.3 Å². The Hall–Kier alpha value is -3.88. The molecule has 4 nitrogen and oxygen atoms in total. The summed E-state index contributed by atoms with van der Waals surface area (Å²) in [5.74, 6) is 0. The van der Waals surface area contributed by atoms with Crippen LogP contribution in [-0.2, 0) is 5.41 Å². The second kappa shape index (κ2) is 7.42. The van der Waals surface area contributed by atoms with E-state index >= 15 is 0 Å². The van der Waals surface area contributed by atoms with Gasteiger partial charge in [0.15, 0.2) is 0 Å². The van der Waals surface area contributed by atoms with Gasteiger partial charge in [-0.05, 0) is 59.9 Å². The van der Waals surface area contributed by atoms with Crippen molar-refractivity contribution >= 4 is 108 Å². The molecule has 0 N–H and O–H groups in total. The zero-order valence-electron chi connectivity index (χ0n) is 26.4. The molecule has 0 saturated heterocycles. The van der Waals surface area contributed by atoms with Gasteiger partial charge in [0.2, 0.25) is 0 Å². The first-order valence-corrected chi connectivity index (χ1v) is 22.4. The third-order valence-electron chi connectivity index (χ3n) is 9.99. The third-order valence-corrected chi connectivity index (χ3v) is 14.0. The molecule has 0 unspecified atom stereocenters. The maximum Gasteiger partial charge on any atom is 0.265 e. The van der Waals surface area contributed by atoms with E-state index < -0.39 is 16.1 Å². The summed E-state index contributed by atoms with van der Waals surface area (Å²) in [7, 11) is -3.55. The van der Waals surface area contributed by atoms with Gasteiger partial charge in [0.1, 0.15) is 11.2 Å². The fourth-order valence-electron chi connectivity index (χ4n) is 8.00. The van der Waals surface area contributed by atoms with Crippen LogP contribution in [0, 0.1) is 0 Å². The lowest BCUT2D eigenvalue weighted by Crippen LogP contribution is -2.38. The molecule has 0 saturated carbocycles. The van der Waals surface area contributed by atoms with Gasteiger partial charge in [-0.1, -0.05) is 107 Å². The van der Waals surface area contributed by atoms with E-state index in [-0.39, 0.29) is 11.0 Å². The minimum Gasteiger partial charge on any atom is -0.268 e. The van der Waals surface area contributed by atoms with Gasteiger partial charge in [0.05, 0.1) is 33.2 Å². The zero-order valence-corrected chi connectivity index (χ0v) is 28.4. The molecule has 0 aliphatic rings. The lowest BCUT2D eigenvalue weighted by molar-refractivity contribution is 0.570. The second-order valence-corrected chi connectivity index (χ2v) is 26.0. The van der Waals surface area contributed by atoms with Gasteiger partial charge in [-0.15, -0.1) is 0 Å². The zero-order chi connectivity index (χ0) is 30.1. The van der Waals surface area contributed by atoms with E-state index in [9.17, 15) is 4.79 Å². The maximum absolute atomic E-state index is 14.8. The van der Waals surface area contributed by atoms with Gasteiger partial charge in [-0.25, -0.2) is 4.98 Å². The van der Waals surface area contributed by atoms with Gasteiger partial charge in [-0.3, -0.25) is 14.2 Å². The molecule has 0 spiro atoms. The van der Waals surface area contributed by atoms with E-state index in [0.29, 0.717) is 0 Å². The first kappa shape index (κ1) is 25.6. The van der Waals surface area contributed by atoms with Crippen molar-refractivity contribution in [3.05, 3.63) is 64.7 Å². The third kappa shape index (κ3) is 2.98. The Morgan fingerprint density at radius 1 is 0.651 bits per heavy atom. The fourth-order valence-corrected chi connectivity index (χ4v) is 11.2. The highest BCUT2D eigenvalue weighted by Crippen LogP contribution is 2.51. The van der Waals surface area contributed by atoms with Crippen molar-refractivity contribution in [1.82, 2.24) is 14.4 Å². The summed E-state index contributed by atoms with van der Waals surface area (Å²) in [6, 6.07) is 16.3. The maximum atomic E-state index is 14.8. The SMILES string of the molecule is CC(C)(C)c1cc2c(cn1)nc1c3c4cc([Si](C)(C)C)c5ccc6ccc7c([Si](C)(C)C)cc(c3c(=O)n21)c1c7c6c5c41. The fraction of sp³-hybridized carbons (Fsp3) is 0.270. The predicted molar refractivity (Wildman–Crippen MR) is 191 cm³/mol. The molecule has 0 radical (unpaired) electrons. The summed E-state index contributed by atoms with van der Waals surface area (Å²) >= 11 is 0. The van der Waals surface area contributed by atoms with Crippen molar-refractivity contribution in [3.8, 4) is 0 Å². The molecule has 0 aliphatic heterocycles. The van der Waals surface area contributed by atoms with Crippen molar-refractivity contribution < 1.29 is 0 Å². The molecule has 9 aromatic rings. The number of fused-ring (bicyclic) bond motifs is 7. The van der Waals surface area contributed by atoms with Crippen molar-refractivity contribution in [2.75, 3.05) is 0 Å². The van der Waals surface area contributed by atoms with E-state index in [4.69, 9.17) is 9.97 Å². The number of hydrogen-bond donors (Lipinski definition) is 0. The Balaban J connectivity index is 1.66. The first-order valence-electron chi connectivity index (χ1n) is 15.4. The van der Waals surface area contributed by atoms with Crippen LogP contribution in [0.4, 0.5) is 0 Å². The van der Waals surface area contributed by atoms with Crippen LogP contribution in [0.25, 0.3) is 81.3 Å². The van der Waals surface area contributed by atoms with Gasteiger partial charge in [-0.2, -0.15) is 0 Å². The Morgan fingerprint density at radius 3 is 1.72 bits per heavy atom. The van der Waals surface area contributed by atoms with Gasteiger partial charge >= 0.3 is 0 Å². The normalized spacial score (nSPS) is 14.3. The summed E-state index contributed by atoms with van der Waals surface area (Å²) < 4.78 is 1.89. The molecular weight excluding hydrogens is 559 g/mol. The van der Waals surface area contributed by atoms with Gasteiger partial charge in [0, 0.05) is 16.5 Å². The van der Waals surface area contributed by atoms with E-state index in [1.165, 1.54) is 58.8 Å². The number of rotatable bonds is 2. The van der Waals surface area contributed by atoms with Crippen LogP contribution in [-0.4, -0.2) is 30.5 Å². The molecule has 0 bridgehead atoms. The van der Waals surface area contributed by atoms with E-state index in [2.05, 4.69) is 103 Å². The molecule has 6 heteroatoms. The van der Waals surface area contributed by atoms with Crippen LogP contribution >= 0.6 is 0 Å². The summed E-state index contributed by atoms with van der Waals surface area (Å²) in [5, 5.41) is 17.7. The van der Waals surface area contributed by atoms with E-state index in [1.807, 2.05) is 10.6 Å². The number of pyridine rings is 1. The quantitative estimate of drug-likeness (QED) is 0.150. The molecule has 0 atom stereocenters. The highest BCUT2D eigenvalue weighted by Gasteiger charge is 2.33. The van der Waals surface area contributed by atoms with Crippen molar-refractivity contribution in [2.24, 2.45) is 0 Å². The number of hydrogen-bond acceptors (Lipinski definition) is 3. The van der Waals surface area contributed by atoms with Crippen molar-refractivity contribution in [3.63, 3.8) is 0 Å². The highest BCUT2D eigenvalue weighted by molar-refractivity contribution is 6.91. The van der Waals surface area contributed by atoms with Crippen molar-refractivity contribution in [1.29, 1.82) is 0 Å². The smallest absolute Gasteiger partial charge is 0.265 e. The minimum absolute atomic E-state index is 0.0408. The van der Waals surface area contributed by atoms with Crippen LogP contribution in [0.5, 0.6) is 0 Å². The first-order chi connectivity index (χ1) is 20.2. The van der Waals surface area contributed by atoms with Crippen molar-refractivity contribution in [2.45, 2.75) is 65.5 Å². The standard InChI is InChI=1S/C37H35N3OSi2/c1-37(2,3)27-16-24-23(17-38-27)39-35-33-21-14-25(42(4,5)6)19-12-10-18-11-13-20-26(43(7,8)9)15-22(34(33)36(41)40(24)35)32-30(20)28(18)29(19)31(21)32/h10-17H,1-9H3. The molecule has 9 rings (SSSR count). The molecule has 0 fully saturated rings. The van der Waals surface area contributed by atoms with Crippen LogP contribution < -0.4 is 15.9 Å². The predicted octanol–water partition coefficient (Wildman–Crippen LogP) is 8.30. The topological polar surface area (TPSA) is 47.3 Å². The average Bonchev–Trinajstić information content (AvgIpc) is 3.57. The van der Waals surface area contributed by atoms with Gasteiger partial charge < -0.3 is 0 Å². The lowest BCUT2D eigenvalue weighted by atomic mass is 9.91. The summed E-state index contributed by atoms with van der Waals surface area (Å²) in [6.45, 7) is 21.1. The average molecular weight is 594 g/mol. The van der Waals surface area contributed by atoms with E-state index in [0.717, 1.165) is 38.5 Å². The number of nitrogens with zero attached hydrogens (tertiary/aromatic N) is 3. The molecule has 0 aliphatic carbocycles. The van der Waals surface area contributed by atoms with Gasteiger partial charge in [0.25, 0.3) is 5.56 Å². The van der Waals surface area contributed by atoms with Crippen LogP contribution in [0.3, 0.4) is 0 Å². The molecule has 212 valence electrons. The Bertz CT molecular complexity index is 2680. The molecular formula is C37H35N3OSi2. The molecule has 6 aromatic carbocycles. The molecule has 43 heavy (non-hydrogen) atoms. The summed E-state index contributed by atoms with van der Waals surface area (Å²) in [6.07, 6.45) is 1.85. The lowest BCUT2D eigenvalue weighted by Gasteiger charge is -2.21. The summed E-state index contributed by atoms with van der Waals surface area (Å²) in [5.41, 5.74) is 3.28. The Morgan fingerprint density at radius 2 is 1.19 bits per heavy atom. The summed E-state index contributed by atoms with van der Waals surface area (Å²) in [4.78, 5) is 24.7. The minimum atomic E-state index is -1.78. The van der Waals surface area contributed by atoms with Crippen LogP contribution in [0.1, 0.15) is 26.5 Å². The molecule has 3 heterocycles. The molecule has 0 amide bonds. The Kier molecular flexibility index (Phi) is 4.42. The largest absolute Gasteiger partial charge is 0.268 e. The Labute approximate surface area is 251 Å². The van der Waals surface area contributed by atoms with Crippen LogP contribution in [0.15, 0.2) is 53.5 Å². The monoisotopic (exact) mass is 593 g/mol.